The van der Waals surface area contributed by atoms with Crippen LogP contribution in [0.5, 0.6) is 5.75 Å². The molecule has 0 bridgehead atoms. The van der Waals surface area contributed by atoms with Crippen molar-refractivity contribution in [3.05, 3.63) is 123 Å². The maximum atomic E-state index is 14.6. The zero-order valence-electron chi connectivity index (χ0n) is 32.7. The molecule has 2 fully saturated rings. The number of carboxylic acids is 1. The number of halogens is 5. The summed E-state index contributed by atoms with van der Waals surface area (Å²) in [5.74, 6) is -4.13. The van der Waals surface area contributed by atoms with E-state index in [1.54, 1.807) is 18.2 Å². The summed E-state index contributed by atoms with van der Waals surface area (Å²) in [4.78, 5) is 61.2. The van der Waals surface area contributed by atoms with Gasteiger partial charge in [0.25, 0.3) is 11.5 Å². The molecule has 2 aliphatic rings. The minimum absolute atomic E-state index is 0.0194. The molecule has 2 aromatic carbocycles. The van der Waals surface area contributed by atoms with Crippen LogP contribution in [0, 0.1) is 11.6 Å². The number of nitrogens with one attached hydrogen (secondary N) is 2. The number of phenols is 1. The van der Waals surface area contributed by atoms with Gasteiger partial charge in [-0.2, -0.15) is 13.2 Å². The van der Waals surface area contributed by atoms with E-state index in [0.717, 1.165) is 54.9 Å². The van der Waals surface area contributed by atoms with Gasteiger partial charge in [-0.15, -0.1) is 0 Å². The molecule has 1 amide bonds. The number of hydrogen-bond acceptors (Lipinski definition) is 9. The van der Waals surface area contributed by atoms with Crippen molar-refractivity contribution in [2.75, 3.05) is 20.1 Å². The highest BCUT2D eigenvalue weighted by molar-refractivity contribution is 5.93. The molecule has 8 rings (SSSR count). The summed E-state index contributed by atoms with van der Waals surface area (Å²) >= 11 is 0. The highest BCUT2D eigenvalue weighted by atomic mass is 19.4. The fourth-order valence-corrected chi connectivity index (χ4v) is 7.97. The van der Waals surface area contributed by atoms with Gasteiger partial charge in [0.1, 0.15) is 28.7 Å². The lowest BCUT2D eigenvalue weighted by molar-refractivity contribution is -0.192. The number of carboxylic acid groups (broad SMARTS) is 1. The molecule has 19 heteroatoms. The zero-order valence-corrected chi connectivity index (χ0v) is 32.7. The largest absolute Gasteiger partial charge is 0.508 e. The molecule has 4 N–H and O–H groups in total. The van der Waals surface area contributed by atoms with Crippen LogP contribution in [0.3, 0.4) is 0 Å². The standard InChI is InChI=1S/C40H40F2N8O4.C2HF3O2/c1-43-28-13-15-47(16-14-28)21-25-18-32(51)10-11-33(25)24-3-2-4-31(17-24)49-37-34(19-27(42)20-44-37)39(53)50(40(49)54)30-8-6-29(7-9-30)45-38(52)35-23-48-22-26(41)5-12-36(48)46-35;3-2(4,5)1(6)7/h2-5,10-12,17-20,22-23,28-30,43,51H,6-9,13-16,21H2,1H3,(H,45,52);(H,6,7)/t29-,30+;. The number of phenolic OH excluding ortho intramolecular Hbond substituents is 1. The van der Waals surface area contributed by atoms with Crippen molar-refractivity contribution in [2.24, 2.45) is 0 Å². The second-order valence-corrected chi connectivity index (χ2v) is 15.1. The molecule has 0 spiro atoms. The molecular formula is C42H41F5N8O6. The molecule has 4 aromatic heterocycles. The first-order valence-electron chi connectivity index (χ1n) is 19.5. The molecule has 1 saturated heterocycles. The number of pyridine rings is 2. The Morgan fingerprint density at radius 1 is 0.885 bits per heavy atom. The third-order valence-electron chi connectivity index (χ3n) is 11.1. The van der Waals surface area contributed by atoms with Crippen LogP contribution < -0.4 is 21.9 Å². The Labute approximate surface area is 343 Å². The molecular weight excluding hydrogens is 808 g/mol. The number of imidazole rings is 1. The van der Waals surface area contributed by atoms with E-state index in [4.69, 9.17) is 9.90 Å². The van der Waals surface area contributed by atoms with E-state index < -0.39 is 47.0 Å². The number of hydrogen-bond donors (Lipinski definition) is 4. The third kappa shape index (κ3) is 9.47. The van der Waals surface area contributed by atoms with Crippen molar-refractivity contribution >= 4 is 28.6 Å². The lowest BCUT2D eigenvalue weighted by Gasteiger charge is -2.32. The Balaban J connectivity index is 0.000000739. The minimum Gasteiger partial charge on any atom is -0.508 e. The van der Waals surface area contributed by atoms with E-state index in [1.165, 1.54) is 38.1 Å². The van der Waals surface area contributed by atoms with E-state index >= 15 is 0 Å². The summed E-state index contributed by atoms with van der Waals surface area (Å²) in [5.41, 5.74) is 2.53. The van der Waals surface area contributed by atoms with Crippen LogP contribution in [0.15, 0.2) is 88.8 Å². The summed E-state index contributed by atoms with van der Waals surface area (Å²) in [6.07, 6.45) is 2.47. The van der Waals surface area contributed by atoms with Gasteiger partial charge in [0, 0.05) is 37.1 Å². The lowest BCUT2D eigenvalue weighted by Crippen LogP contribution is -2.45. The maximum Gasteiger partial charge on any atom is 0.490 e. The second kappa shape index (κ2) is 17.6. The first-order valence-corrected chi connectivity index (χ1v) is 19.5. The van der Waals surface area contributed by atoms with Gasteiger partial charge in [0.05, 0.1) is 17.3 Å². The van der Waals surface area contributed by atoms with Gasteiger partial charge >= 0.3 is 17.8 Å². The second-order valence-electron chi connectivity index (χ2n) is 15.1. The first kappa shape index (κ1) is 42.6. The predicted molar refractivity (Wildman–Crippen MR) is 214 cm³/mol. The molecule has 0 atom stereocenters. The molecule has 320 valence electrons. The number of alkyl halides is 3. The van der Waals surface area contributed by atoms with Crippen molar-refractivity contribution in [3.8, 4) is 22.6 Å². The number of aromatic nitrogens is 5. The number of carbonyl (C=O) groups is 2. The van der Waals surface area contributed by atoms with Gasteiger partial charge in [-0.05, 0) is 118 Å². The smallest absolute Gasteiger partial charge is 0.490 e. The van der Waals surface area contributed by atoms with Crippen LogP contribution in [-0.2, 0) is 11.3 Å². The Hall–Kier alpha value is -6.47. The van der Waals surface area contributed by atoms with E-state index in [1.807, 2.05) is 31.3 Å². The summed E-state index contributed by atoms with van der Waals surface area (Å²) in [6, 6.07) is 16.3. The lowest BCUT2D eigenvalue weighted by atomic mass is 9.90. The molecule has 6 aromatic rings. The summed E-state index contributed by atoms with van der Waals surface area (Å²) in [6.45, 7) is 2.48. The van der Waals surface area contributed by atoms with Crippen LogP contribution >= 0.6 is 0 Å². The van der Waals surface area contributed by atoms with Crippen LogP contribution in [0.2, 0.25) is 0 Å². The molecule has 1 aliphatic heterocycles. The van der Waals surface area contributed by atoms with Crippen molar-refractivity contribution in [1.82, 2.24) is 39.0 Å². The number of carbonyl (C=O) groups excluding carboxylic acids is 1. The van der Waals surface area contributed by atoms with Crippen LogP contribution in [0.4, 0.5) is 22.0 Å². The summed E-state index contributed by atoms with van der Waals surface area (Å²) in [5, 5.41) is 23.9. The molecule has 0 radical (unpaired) electrons. The minimum atomic E-state index is -5.08. The van der Waals surface area contributed by atoms with E-state index in [-0.39, 0.29) is 28.5 Å². The Bertz CT molecular complexity index is 2720. The number of piperidine rings is 1. The maximum absolute atomic E-state index is 14.6. The number of fused-ring (bicyclic) bond motifs is 2. The summed E-state index contributed by atoms with van der Waals surface area (Å²) < 4.78 is 64.0. The zero-order chi connectivity index (χ0) is 43.6. The van der Waals surface area contributed by atoms with Crippen LogP contribution in [-0.4, -0.2) is 88.9 Å². The molecule has 0 unspecified atom stereocenters. The highest BCUT2D eigenvalue weighted by Gasteiger charge is 2.38. The fraction of sp³-hybridized carbons (Fsp3) is 0.333. The van der Waals surface area contributed by atoms with Gasteiger partial charge in [0.2, 0.25) is 0 Å². The number of aliphatic carboxylic acids is 1. The van der Waals surface area contributed by atoms with E-state index in [0.29, 0.717) is 49.6 Å². The van der Waals surface area contributed by atoms with E-state index in [9.17, 15) is 41.4 Å². The topological polar surface area (TPSA) is 176 Å². The van der Waals surface area contributed by atoms with Crippen molar-refractivity contribution in [3.63, 3.8) is 0 Å². The number of amides is 1. The Kier molecular flexibility index (Phi) is 12.3. The number of nitrogens with zero attached hydrogens (tertiary/aromatic N) is 6. The number of likely N-dealkylation sites (tertiary alicyclic amines) is 1. The first-order chi connectivity index (χ1) is 29.1. The van der Waals surface area contributed by atoms with Crippen molar-refractivity contribution in [2.45, 2.75) is 69.4 Å². The number of benzene rings is 2. The monoisotopic (exact) mass is 848 g/mol. The molecule has 5 heterocycles. The molecule has 1 saturated carbocycles. The van der Waals surface area contributed by atoms with Gasteiger partial charge in [0.15, 0.2) is 5.65 Å². The average Bonchev–Trinajstić information content (AvgIpc) is 3.66. The van der Waals surface area contributed by atoms with Gasteiger partial charge in [-0.25, -0.2) is 32.9 Å². The Morgan fingerprint density at radius 3 is 2.30 bits per heavy atom. The highest BCUT2D eigenvalue weighted by Crippen LogP contribution is 2.32. The van der Waals surface area contributed by atoms with Crippen LogP contribution in [0.25, 0.3) is 33.5 Å². The molecule has 61 heavy (non-hydrogen) atoms. The van der Waals surface area contributed by atoms with Crippen LogP contribution in [0.1, 0.15) is 60.6 Å². The summed E-state index contributed by atoms with van der Waals surface area (Å²) in [7, 11) is 1.98. The average molecular weight is 849 g/mol. The normalized spacial score (nSPS) is 17.5. The van der Waals surface area contributed by atoms with Gasteiger partial charge in [-0.3, -0.25) is 19.1 Å². The number of rotatable bonds is 8. The van der Waals surface area contributed by atoms with Gasteiger partial charge in [-0.1, -0.05) is 18.2 Å². The molecule has 14 nitrogen and oxygen atoms in total. The quantitative estimate of drug-likeness (QED) is 0.142. The SMILES string of the molecule is CNC1CCN(Cc2cc(O)ccc2-c2cccc(-n3c(=O)n([C@H]4CC[C@@H](NC(=O)c5cn6cc(F)ccc6n5)CC4)c(=O)c4cc(F)cnc43)c2)CC1.O=C(O)C(F)(F)F. The predicted octanol–water partition coefficient (Wildman–Crippen LogP) is 5.58. The third-order valence-corrected chi connectivity index (χ3v) is 11.1. The fourth-order valence-electron chi connectivity index (χ4n) is 7.97. The van der Waals surface area contributed by atoms with Crippen molar-refractivity contribution in [1.29, 1.82) is 0 Å². The van der Waals surface area contributed by atoms with Crippen molar-refractivity contribution < 1.29 is 41.8 Å². The van der Waals surface area contributed by atoms with Gasteiger partial charge < -0.3 is 25.2 Å². The number of aromatic hydroxyl groups is 1. The molecule has 1 aliphatic carbocycles. The van der Waals surface area contributed by atoms with E-state index in [2.05, 4.69) is 25.5 Å². The Morgan fingerprint density at radius 2 is 1.61 bits per heavy atom.